The lowest BCUT2D eigenvalue weighted by Gasteiger charge is -2.33. The summed E-state index contributed by atoms with van der Waals surface area (Å²) in [5.74, 6) is 2.98. The van der Waals surface area contributed by atoms with Crippen molar-refractivity contribution in [2.75, 3.05) is 33.5 Å². The van der Waals surface area contributed by atoms with Crippen molar-refractivity contribution in [3.63, 3.8) is 0 Å². The van der Waals surface area contributed by atoms with E-state index >= 15 is 0 Å². The van der Waals surface area contributed by atoms with Crippen molar-refractivity contribution in [3.05, 3.63) is 53.6 Å². The molecule has 32 heavy (non-hydrogen) atoms. The number of amides is 1. The van der Waals surface area contributed by atoms with Crippen LogP contribution in [0.1, 0.15) is 56.7 Å². The Bertz CT molecular complexity index is 930. The Morgan fingerprint density at radius 3 is 2.53 bits per heavy atom. The van der Waals surface area contributed by atoms with Crippen LogP contribution >= 0.6 is 0 Å². The molecule has 4 rings (SSSR count). The normalized spacial score (nSPS) is 20.9. The van der Waals surface area contributed by atoms with E-state index in [1.165, 1.54) is 11.1 Å². The van der Waals surface area contributed by atoms with E-state index in [-0.39, 0.29) is 24.8 Å². The van der Waals surface area contributed by atoms with Crippen molar-refractivity contribution < 1.29 is 19.0 Å². The zero-order chi connectivity index (χ0) is 22.7. The molecule has 2 aliphatic heterocycles. The van der Waals surface area contributed by atoms with E-state index in [2.05, 4.69) is 49.9 Å². The van der Waals surface area contributed by atoms with Crippen molar-refractivity contribution >= 4 is 5.91 Å². The van der Waals surface area contributed by atoms with Crippen molar-refractivity contribution in [1.82, 2.24) is 9.80 Å². The van der Waals surface area contributed by atoms with Gasteiger partial charge in [0.25, 0.3) is 0 Å². The number of rotatable bonds is 8. The number of likely N-dealkylation sites (N-methyl/N-ethyl adjacent to an activating group) is 1. The lowest BCUT2D eigenvalue weighted by atomic mass is 9.93. The summed E-state index contributed by atoms with van der Waals surface area (Å²) in [5, 5.41) is 0. The van der Waals surface area contributed by atoms with Gasteiger partial charge in [-0.1, -0.05) is 25.1 Å². The molecule has 2 aliphatic rings. The molecule has 0 saturated carbocycles. The SMILES string of the molecule is CCCN(CC)C(=O)C(C)N1CC(c2ccc3c(c2)OCO3)CC1c1ccc(OC)cc1. The Hall–Kier alpha value is -2.73. The first-order valence-electron chi connectivity index (χ1n) is 11.6. The Labute approximate surface area is 191 Å². The van der Waals surface area contributed by atoms with Crippen LogP contribution in [-0.4, -0.2) is 55.3 Å². The van der Waals surface area contributed by atoms with E-state index in [0.717, 1.165) is 49.7 Å². The Morgan fingerprint density at radius 1 is 1.12 bits per heavy atom. The number of hydrogen-bond acceptors (Lipinski definition) is 5. The quantitative estimate of drug-likeness (QED) is 0.603. The number of ether oxygens (including phenoxy) is 3. The van der Waals surface area contributed by atoms with Crippen molar-refractivity contribution in [3.8, 4) is 17.2 Å². The number of carbonyl (C=O) groups excluding carboxylic acids is 1. The summed E-state index contributed by atoms with van der Waals surface area (Å²) in [4.78, 5) is 17.7. The van der Waals surface area contributed by atoms with Gasteiger partial charge in [0.05, 0.1) is 13.2 Å². The Balaban J connectivity index is 1.62. The summed E-state index contributed by atoms with van der Waals surface area (Å²) in [6, 6.07) is 14.5. The maximum absolute atomic E-state index is 13.4. The highest BCUT2D eigenvalue weighted by molar-refractivity contribution is 5.81. The molecule has 3 atom stereocenters. The minimum Gasteiger partial charge on any atom is -0.497 e. The van der Waals surface area contributed by atoms with Crippen LogP contribution in [0, 0.1) is 0 Å². The number of likely N-dealkylation sites (tertiary alicyclic amines) is 1. The topological polar surface area (TPSA) is 51.2 Å². The van der Waals surface area contributed by atoms with E-state index in [1.807, 2.05) is 23.1 Å². The van der Waals surface area contributed by atoms with Gasteiger partial charge in [0.1, 0.15) is 5.75 Å². The van der Waals surface area contributed by atoms with Crippen LogP contribution in [0.4, 0.5) is 0 Å². The molecule has 6 heteroatoms. The maximum Gasteiger partial charge on any atom is 0.239 e. The molecule has 172 valence electrons. The van der Waals surface area contributed by atoms with Gasteiger partial charge in [0.2, 0.25) is 12.7 Å². The molecule has 2 aromatic rings. The second kappa shape index (κ2) is 9.82. The van der Waals surface area contributed by atoms with Gasteiger partial charge in [0.15, 0.2) is 11.5 Å². The zero-order valence-corrected chi connectivity index (χ0v) is 19.5. The minimum absolute atomic E-state index is 0.163. The molecule has 1 amide bonds. The van der Waals surface area contributed by atoms with Crippen LogP contribution in [0.15, 0.2) is 42.5 Å². The molecule has 1 fully saturated rings. The van der Waals surface area contributed by atoms with Gasteiger partial charge in [-0.05, 0) is 68.0 Å². The van der Waals surface area contributed by atoms with Crippen LogP contribution in [0.3, 0.4) is 0 Å². The van der Waals surface area contributed by atoms with Crippen LogP contribution < -0.4 is 14.2 Å². The summed E-state index contributed by atoms with van der Waals surface area (Å²) in [7, 11) is 1.68. The molecule has 2 aromatic carbocycles. The third-order valence-electron chi connectivity index (χ3n) is 6.75. The fourth-order valence-electron chi connectivity index (χ4n) is 4.95. The Morgan fingerprint density at radius 2 is 1.84 bits per heavy atom. The second-order valence-corrected chi connectivity index (χ2v) is 8.62. The van der Waals surface area contributed by atoms with Crippen LogP contribution in [-0.2, 0) is 4.79 Å². The zero-order valence-electron chi connectivity index (χ0n) is 19.5. The molecule has 0 aromatic heterocycles. The number of nitrogens with zero attached hydrogens (tertiary/aromatic N) is 2. The third-order valence-corrected chi connectivity index (χ3v) is 6.75. The van der Waals surface area contributed by atoms with Gasteiger partial charge in [0, 0.05) is 25.7 Å². The molecule has 0 bridgehead atoms. The first-order chi connectivity index (χ1) is 15.5. The van der Waals surface area contributed by atoms with E-state index in [0.29, 0.717) is 5.92 Å². The van der Waals surface area contributed by atoms with E-state index in [4.69, 9.17) is 14.2 Å². The highest BCUT2D eigenvalue weighted by Gasteiger charge is 2.40. The monoisotopic (exact) mass is 438 g/mol. The summed E-state index contributed by atoms with van der Waals surface area (Å²) in [5.41, 5.74) is 2.45. The predicted molar refractivity (Wildman–Crippen MR) is 124 cm³/mol. The van der Waals surface area contributed by atoms with Crippen molar-refractivity contribution in [2.45, 2.75) is 51.6 Å². The summed E-state index contributed by atoms with van der Waals surface area (Å²) in [6.07, 6.45) is 1.91. The van der Waals surface area contributed by atoms with Gasteiger partial charge in [-0.15, -0.1) is 0 Å². The number of benzene rings is 2. The van der Waals surface area contributed by atoms with Gasteiger partial charge in [-0.2, -0.15) is 0 Å². The molecule has 6 nitrogen and oxygen atoms in total. The summed E-state index contributed by atoms with van der Waals surface area (Å²) >= 11 is 0. The molecule has 1 saturated heterocycles. The number of carbonyl (C=O) groups is 1. The number of methoxy groups -OCH3 is 1. The third kappa shape index (κ3) is 4.42. The largest absolute Gasteiger partial charge is 0.497 e. The fraction of sp³-hybridized carbons (Fsp3) is 0.500. The van der Waals surface area contributed by atoms with Gasteiger partial charge in [-0.25, -0.2) is 0 Å². The van der Waals surface area contributed by atoms with Gasteiger partial charge in [-0.3, -0.25) is 9.69 Å². The molecule has 2 heterocycles. The molecule has 0 radical (unpaired) electrons. The summed E-state index contributed by atoms with van der Waals surface area (Å²) < 4.78 is 16.4. The molecular formula is C26H34N2O4. The Kier molecular flexibility index (Phi) is 6.89. The van der Waals surface area contributed by atoms with E-state index in [9.17, 15) is 4.79 Å². The van der Waals surface area contributed by atoms with Crippen molar-refractivity contribution in [1.29, 1.82) is 0 Å². The fourth-order valence-corrected chi connectivity index (χ4v) is 4.95. The van der Waals surface area contributed by atoms with Gasteiger partial charge < -0.3 is 19.1 Å². The second-order valence-electron chi connectivity index (χ2n) is 8.62. The van der Waals surface area contributed by atoms with E-state index in [1.54, 1.807) is 7.11 Å². The first-order valence-corrected chi connectivity index (χ1v) is 11.6. The van der Waals surface area contributed by atoms with Crippen LogP contribution in [0.25, 0.3) is 0 Å². The first kappa shape index (κ1) is 22.5. The van der Waals surface area contributed by atoms with E-state index < -0.39 is 0 Å². The number of hydrogen-bond donors (Lipinski definition) is 0. The van der Waals surface area contributed by atoms with Crippen molar-refractivity contribution in [2.24, 2.45) is 0 Å². The standard InChI is InChI=1S/C26H34N2O4/c1-5-13-27(6-2)26(29)18(3)28-16-21(20-9-12-24-25(15-20)32-17-31-24)14-23(28)19-7-10-22(30-4)11-8-19/h7-12,15,18,21,23H,5-6,13-14,16-17H2,1-4H3. The maximum atomic E-state index is 13.4. The van der Waals surface area contributed by atoms with Crippen LogP contribution in [0.2, 0.25) is 0 Å². The molecule has 0 spiro atoms. The average Bonchev–Trinajstić information content (AvgIpc) is 3.48. The number of fused-ring (bicyclic) bond motifs is 1. The molecule has 0 N–H and O–H groups in total. The van der Waals surface area contributed by atoms with Gasteiger partial charge >= 0.3 is 0 Å². The molecule has 3 unspecified atom stereocenters. The average molecular weight is 439 g/mol. The smallest absolute Gasteiger partial charge is 0.239 e. The summed E-state index contributed by atoms with van der Waals surface area (Å²) in [6.45, 7) is 8.87. The lowest BCUT2D eigenvalue weighted by Crippen LogP contribution is -2.47. The highest BCUT2D eigenvalue weighted by atomic mass is 16.7. The molecule has 0 aliphatic carbocycles. The highest BCUT2D eigenvalue weighted by Crippen LogP contribution is 2.44. The lowest BCUT2D eigenvalue weighted by molar-refractivity contribution is -0.136. The van der Waals surface area contributed by atoms with Crippen LogP contribution in [0.5, 0.6) is 17.2 Å². The molecular weight excluding hydrogens is 404 g/mol. The minimum atomic E-state index is -0.187. The predicted octanol–water partition coefficient (Wildman–Crippen LogP) is 4.60.